The zero-order valence-corrected chi connectivity index (χ0v) is 11.0. The molecular weight excluding hydrogens is 283 g/mol. The number of nitrogens with one attached hydrogen (secondary N) is 2. The highest BCUT2D eigenvalue weighted by Crippen LogP contribution is 2.35. The van der Waals surface area contributed by atoms with Crippen LogP contribution in [-0.4, -0.2) is 17.9 Å². The van der Waals surface area contributed by atoms with Crippen LogP contribution in [0.25, 0.3) is 0 Å². The SMILES string of the molecule is CNc1ccc(C(=O)Nc2ccccn2)cc1C(F)(F)F. The van der Waals surface area contributed by atoms with E-state index in [0.29, 0.717) is 0 Å². The van der Waals surface area contributed by atoms with Crippen LogP contribution in [0.2, 0.25) is 0 Å². The van der Waals surface area contributed by atoms with Gasteiger partial charge < -0.3 is 10.6 Å². The van der Waals surface area contributed by atoms with Crippen molar-refractivity contribution in [2.75, 3.05) is 17.7 Å². The van der Waals surface area contributed by atoms with Crippen molar-refractivity contribution in [2.45, 2.75) is 6.18 Å². The van der Waals surface area contributed by atoms with Crippen LogP contribution in [0.15, 0.2) is 42.6 Å². The van der Waals surface area contributed by atoms with E-state index in [4.69, 9.17) is 0 Å². The van der Waals surface area contributed by atoms with E-state index < -0.39 is 17.6 Å². The highest BCUT2D eigenvalue weighted by atomic mass is 19.4. The number of hydrogen-bond donors (Lipinski definition) is 2. The molecule has 0 unspecified atom stereocenters. The Morgan fingerprint density at radius 3 is 2.52 bits per heavy atom. The Labute approximate surface area is 119 Å². The maximum absolute atomic E-state index is 12.9. The van der Waals surface area contributed by atoms with E-state index in [1.165, 1.54) is 25.4 Å². The molecule has 2 aromatic rings. The zero-order valence-electron chi connectivity index (χ0n) is 11.0. The molecule has 1 aromatic heterocycles. The number of hydrogen-bond acceptors (Lipinski definition) is 3. The first-order valence-corrected chi connectivity index (χ1v) is 6.03. The van der Waals surface area contributed by atoms with Crippen molar-refractivity contribution in [3.05, 3.63) is 53.7 Å². The molecule has 0 bridgehead atoms. The van der Waals surface area contributed by atoms with Crippen LogP contribution in [0.5, 0.6) is 0 Å². The Morgan fingerprint density at radius 2 is 1.95 bits per heavy atom. The van der Waals surface area contributed by atoms with Crippen molar-refractivity contribution in [1.82, 2.24) is 4.98 Å². The van der Waals surface area contributed by atoms with E-state index in [9.17, 15) is 18.0 Å². The predicted octanol–water partition coefficient (Wildman–Crippen LogP) is 3.39. The van der Waals surface area contributed by atoms with Crippen LogP contribution in [-0.2, 0) is 6.18 Å². The number of halogens is 3. The molecule has 0 saturated carbocycles. The third-order valence-corrected chi connectivity index (χ3v) is 2.76. The van der Waals surface area contributed by atoms with E-state index >= 15 is 0 Å². The maximum Gasteiger partial charge on any atom is 0.418 e. The average molecular weight is 295 g/mol. The van der Waals surface area contributed by atoms with Gasteiger partial charge in [-0.25, -0.2) is 4.98 Å². The van der Waals surface area contributed by atoms with Gasteiger partial charge in [0.25, 0.3) is 5.91 Å². The van der Waals surface area contributed by atoms with Crippen LogP contribution < -0.4 is 10.6 Å². The zero-order chi connectivity index (χ0) is 15.5. The molecule has 4 nitrogen and oxygen atoms in total. The standard InChI is InChI=1S/C14H12F3N3O/c1-18-11-6-5-9(8-10(11)14(15,16)17)13(21)20-12-4-2-3-7-19-12/h2-8,18H,1H3,(H,19,20,21). The number of anilines is 2. The quantitative estimate of drug-likeness (QED) is 0.912. The summed E-state index contributed by atoms with van der Waals surface area (Å²) in [6, 6.07) is 8.22. The smallest absolute Gasteiger partial charge is 0.388 e. The Balaban J connectivity index is 2.30. The second-order valence-corrected chi connectivity index (χ2v) is 4.18. The first-order valence-electron chi connectivity index (χ1n) is 6.03. The lowest BCUT2D eigenvalue weighted by molar-refractivity contribution is -0.136. The van der Waals surface area contributed by atoms with Gasteiger partial charge in [-0.2, -0.15) is 13.2 Å². The van der Waals surface area contributed by atoms with Crippen molar-refractivity contribution < 1.29 is 18.0 Å². The summed E-state index contributed by atoms with van der Waals surface area (Å²) < 4.78 is 38.8. The van der Waals surface area contributed by atoms with Crippen LogP contribution in [0.3, 0.4) is 0 Å². The van der Waals surface area contributed by atoms with Crippen LogP contribution in [0, 0.1) is 0 Å². The molecule has 0 aliphatic carbocycles. The predicted molar refractivity (Wildman–Crippen MR) is 73.2 cm³/mol. The lowest BCUT2D eigenvalue weighted by Gasteiger charge is -2.14. The summed E-state index contributed by atoms with van der Waals surface area (Å²) >= 11 is 0. The van der Waals surface area contributed by atoms with E-state index in [1.807, 2.05) is 0 Å². The largest absolute Gasteiger partial charge is 0.418 e. The van der Waals surface area contributed by atoms with Crippen LogP contribution >= 0.6 is 0 Å². The summed E-state index contributed by atoms with van der Waals surface area (Å²) in [6.45, 7) is 0. The van der Waals surface area contributed by atoms with Crippen molar-refractivity contribution in [1.29, 1.82) is 0 Å². The Kier molecular flexibility index (Phi) is 4.11. The number of rotatable bonds is 3. The molecule has 1 amide bonds. The Hall–Kier alpha value is -2.57. The highest BCUT2D eigenvalue weighted by molar-refractivity contribution is 6.04. The number of carbonyl (C=O) groups excluding carboxylic acids is 1. The summed E-state index contributed by atoms with van der Waals surface area (Å²) in [4.78, 5) is 15.8. The van der Waals surface area contributed by atoms with Gasteiger partial charge in [0.2, 0.25) is 0 Å². The minimum Gasteiger partial charge on any atom is -0.388 e. The van der Waals surface area contributed by atoms with Gasteiger partial charge in [0, 0.05) is 24.5 Å². The molecule has 0 radical (unpaired) electrons. The lowest BCUT2D eigenvalue weighted by atomic mass is 10.1. The average Bonchev–Trinajstić information content (AvgIpc) is 2.46. The molecule has 21 heavy (non-hydrogen) atoms. The van der Waals surface area contributed by atoms with Gasteiger partial charge in [-0.3, -0.25) is 4.79 Å². The van der Waals surface area contributed by atoms with Gasteiger partial charge in [-0.1, -0.05) is 6.07 Å². The number of nitrogens with zero attached hydrogens (tertiary/aromatic N) is 1. The Morgan fingerprint density at radius 1 is 1.19 bits per heavy atom. The molecule has 2 N–H and O–H groups in total. The number of alkyl halides is 3. The van der Waals surface area contributed by atoms with Gasteiger partial charge in [0.1, 0.15) is 5.82 Å². The Bertz CT molecular complexity index is 642. The van der Waals surface area contributed by atoms with Crippen molar-refractivity contribution in [2.24, 2.45) is 0 Å². The monoisotopic (exact) mass is 295 g/mol. The first kappa shape index (κ1) is 14.8. The minimum atomic E-state index is -4.54. The summed E-state index contributed by atoms with van der Waals surface area (Å²) in [5, 5.41) is 4.89. The number of carbonyl (C=O) groups is 1. The molecule has 0 aliphatic heterocycles. The van der Waals surface area contributed by atoms with Gasteiger partial charge in [-0.05, 0) is 30.3 Å². The fraction of sp³-hybridized carbons (Fsp3) is 0.143. The first-order chi connectivity index (χ1) is 9.91. The lowest BCUT2D eigenvalue weighted by Crippen LogP contribution is -2.15. The van der Waals surface area contributed by atoms with Crippen LogP contribution in [0.1, 0.15) is 15.9 Å². The summed E-state index contributed by atoms with van der Waals surface area (Å²) in [6.07, 6.45) is -3.07. The fourth-order valence-electron chi connectivity index (χ4n) is 1.76. The molecular formula is C14H12F3N3O. The number of amides is 1. The van der Waals surface area contributed by atoms with Crippen LogP contribution in [0.4, 0.5) is 24.7 Å². The van der Waals surface area contributed by atoms with E-state index in [1.54, 1.807) is 18.2 Å². The van der Waals surface area contributed by atoms with E-state index in [-0.39, 0.29) is 17.1 Å². The third kappa shape index (κ3) is 3.50. The summed E-state index contributed by atoms with van der Waals surface area (Å²) in [7, 11) is 1.39. The van der Waals surface area contributed by atoms with E-state index in [2.05, 4.69) is 15.6 Å². The molecule has 1 heterocycles. The van der Waals surface area contributed by atoms with Gasteiger partial charge in [-0.15, -0.1) is 0 Å². The van der Waals surface area contributed by atoms with Gasteiger partial charge >= 0.3 is 6.18 Å². The molecule has 2 rings (SSSR count). The molecule has 7 heteroatoms. The fourth-order valence-corrected chi connectivity index (χ4v) is 1.76. The normalized spacial score (nSPS) is 11.0. The topological polar surface area (TPSA) is 54.0 Å². The molecule has 110 valence electrons. The third-order valence-electron chi connectivity index (χ3n) is 2.76. The highest BCUT2D eigenvalue weighted by Gasteiger charge is 2.34. The second kappa shape index (κ2) is 5.82. The summed E-state index contributed by atoms with van der Waals surface area (Å²) in [5.74, 6) is -0.379. The number of pyridine rings is 1. The number of aromatic nitrogens is 1. The van der Waals surface area contributed by atoms with Crippen molar-refractivity contribution >= 4 is 17.4 Å². The summed E-state index contributed by atoms with van der Waals surface area (Å²) in [5.41, 5.74) is -1.07. The van der Waals surface area contributed by atoms with Crippen molar-refractivity contribution in [3.8, 4) is 0 Å². The van der Waals surface area contributed by atoms with E-state index in [0.717, 1.165) is 6.07 Å². The molecule has 0 aliphatic rings. The molecule has 1 aromatic carbocycles. The molecule has 0 spiro atoms. The van der Waals surface area contributed by atoms with Gasteiger partial charge in [0.05, 0.1) is 5.56 Å². The number of benzene rings is 1. The second-order valence-electron chi connectivity index (χ2n) is 4.18. The molecule has 0 fully saturated rings. The molecule has 0 saturated heterocycles. The molecule has 0 atom stereocenters. The van der Waals surface area contributed by atoms with Gasteiger partial charge in [0.15, 0.2) is 0 Å². The minimum absolute atomic E-state index is 0.0862. The van der Waals surface area contributed by atoms with Crippen molar-refractivity contribution in [3.63, 3.8) is 0 Å². The maximum atomic E-state index is 12.9.